The van der Waals surface area contributed by atoms with Gasteiger partial charge in [-0.1, -0.05) is 92.2 Å². The molecule has 0 radical (unpaired) electrons. The Balaban J connectivity index is 1.80. The standard InChI is InChI=1S/C26H29NO2/c1-18(2)23-12-8-9-13-24(23)29-20(4)26(28)27-25(21-10-6-5-7-11-21)22-16-14-19(3)15-17-22/h5-18,20,25H,1-4H3,(H,27,28)/t20-,25-/m1/s1. The number of benzene rings is 3. The monoisotopic (exact) mass is 387 g/mol. The van der Waals surface area contributed by atoms with E-state index in [-0.39, 0.29) is 11.9 Å². The fourth-order valence-corrected chi connectivity index (χ4v) is 3.33. The van der Waals surface area contributed by atoms with Crippen molar-refractivity contribution in [3.63, 3.8) is 0 Å². The molecular weight excluding hydrogens is 358 g/mol. The SMILES string of the molecule is Cc1ccc([C@H](NC(=O)[C@@H](C)Oc2ccccc2C(C)C)c2ccccc2)cc1. The van der Waals surface area contributed by atoms with Crippen LogP contribution in [0.2, 0.25) is 0 Å². The maximum absolute atomic E-state index is 13.0. The predicted octanol–water partition coefficient (Wildman–Crippen LogP) is 5.79. The number of rotatable bonds is 7. The van der Waals surface area contributed by atoms with E-state index in [1.165, 1.54) is 5.56 Å². The number of carbonyl (C=O) groups excluding carboxylic acids is 1. The summed E-state index contributed by atoms with van der Waals surface area (Å²) in [5, 5.41) is 3.17. The maximum atomic E-state index is 13.0. The first-order chi connectivity index (χ1) is 14.0. The predicted molar refractivity (Wildman–Crippen MR) is 118 cm³/mol. The average Bonchev–Trinajstić information content (AvgIpc) is 2.73. The van der Waals surface area contributed by atoms with Crippen molar-refractivity contribution in [1.82, 2.24) is 5.32 Å². The van der Waals surface area contributed by atoms with Gasteiger partial charge < -0.3 is 10.1 Å². The summed E-state index contributed by atoms with van der Waals surface area (Å²) in [7, 11) is 0. The Morgan fingerprint density at radius 3 is 2.03 bits per heavy atom. The first-order valence-electron chi connectivity index (χ1n) is 10.1. The highest BCUT2D eigenvalue weighted by molar-refractivity contribution is 5.81. The summed E-state index contributed by atoms with van der Waals surface area (Å²) in [6.45, 7) is 8.09. The molecule has 0 saturated heterocycles. The topological polar surface area (TPSA) is 38.3 Å². The van der Waals surface area contributed by atoms with E-state index < -0.39 is 6.10 Å². The minimum atomic E-state index is -0.605. The van der Waals surface area contributed by atoms with Crippen LogP contribution in [0.1, 0.15) is 55.0 Å². The van der Waals surface area contributed by atoms with Gasteiger partial charge in [-0.05, 0) is 42.5 Å². The van der Waals surface area contributed by atoms with Crippen molar-refractivity contribution in [1.29, 1.82) is 0 Å². The van der Waals surface area contributed by atoms with Gasteiger partial charge in [0.25, 0.3) is 5.91 Å². The molecule has 0 aromatic heterocycles. The fourth-order valence-electron chi connectivity index (χ4n) is 3.33. The lowest BCUT2D eigenvalue weighted by Crippen LogP contribution is -2.39. The molecule has 2 atom stereocenters. The molecule has 1 N–H and O–H groups in total. The number of ether oxygens (including phenoxy) is 1. The van der Waals surface area contributed by atoms with E-state index in [4.69, 9.17) is 4.74 Å². The van der Waals surface area contributed by atoms with Crippen LogP contribution in [0.3, 0.4) is 0 Å². The molecule has 0 fully saturated rings. The van der Waals surface area contributed by atoms with Gasteiger partial charge in [0.1, 0.15) is 5.75 Å². The van der Waals surface area contributed by atoms with Crippen molar-refractivity contribution >= 4 is 5.91 Å². The van der Waals surface area contributed by atoms with Crippen LogP contribution >= 0.6 is 0 Å². The van der Waals surface area contributed by atoms with E-state index in [1.807, 2.05) is 54.6 Å². The summed E-state index contributed by atoms with van der Waals surface area (Å²) >= 11 is 0. The van der Waals surface area contributed by atoms with E-state index in [0.29, 0.717) is 5.92 Å². The Hall–Kier alpha value is -3.07. The molecule has 0 saturated carbocycles. The van der Waals surface area contributed by atoms with E-state index in [1.54, 1.807) is 6.92 Å². The van der Waals surface area contributed by atoms with Crippen LogP contribution in [0.15, 0.2) is 78.9 Å². The summed E-state index contributed by atoms with van der Waals surface area (Å²) in [5.74, 6) is 0.945. The van der Waals surface area contributed by atoms with Crippen LogP contribution < -0.4 is 10.1 Å². The van der Waals surface area contributed by atoms with Crippen molar-refractivity contribution in [2.75, 3.05) is 0 Å². The molecule has 3 aromatic rings. The summed E-state index contributed by atoms with van der Waals surface area (Å²) in [4.78, 5) is 13.0. The van der Waals surface area contributed by atoms with E-state index in [9.17, 15) is 4.79 Å². The van der Waals surface area contributed by atoms with Gasteiger partial charge >= 0.3 is 0 Å². The van der Waals surface area contributed by atoms with Crippen LogP contribution in [-0.4, -0.2) is 12.0 Å². The number of hydrogen-bond donors (Lipinski definition) is 1. The molecule has 0 unspecified atom stereocenters. The zero-order valence-electron chi connectivity index (χ0n) is 17.6. The second kappa shape index (κ2) is 9.42. The van der Waals surface area contributed by atoms with Crippen molar-refractivity contribution in [2.45, 2.75) is 45.8 Å². The summed E-state index contributed by atoms with van der Waals surface area (Å²) < 4.78 is 6.05. The van der Waals surface area contributed by atoms with E-state index in [0.717, 1.165) is 22.4 Å². The molecule has 0 aliphatic heterocycles. The molecule has 0 heterocycles. The van der Waals surface area contributed by atoms with Gasteiger partial charge in [-0.2, -0.15) is 0 Å². The third-order valence-corrected chi connectivity index (χ3v) is 5.04. The van der Waals surface area contributed by atoms with Crippen LogP contribution in [0, 0.1) is 6.92 Å². The lowest BCUT2D eigenvalue weighted by atomic mass is 9.97. The van der Waals surface area contributed by atoms with Gasteiger partial charge in [0.05, 0.1) is 6.04 Å². The first-order valence-corrected chi connectivity index (χ1v) is 10.1. The first kappa shape index (κ1) is 20.7. The summed E-state index contributed by atoms with van der Waals surface area (Å²) in [6, 6.07) is 25.9. The van der Waals surface area contributed by atoms with Crippen molar-refractivity contribution in [2.24, 2.45) is 0 Å². The highest BCUT2D eigenvalue weighted by Gasteiger charge is 2.22. The quantitative estimate of drug-likeness (QED) is 0.557. The van der Waals surface area contributed by atoms with Crippen LogP contribution in [0.25, 0.3) is 0 Å². The molecule has 0 spiro atoms. The number of carbonyl (C=O) groups is 1. The zero-order chi connectivity index (χ0) is 20.8. The molecule has 0 aliphatic carbocycles. The molecule has 0 bridgehead atoms. The Bertz CT molecular complexity index is 932. The lowest BCUT2D eigenvalue weighted by Gasteiger charge is -2.24. The average molecular weight is 388 g/mol. The van der Waals surface area contributed by atoms with Crippen LogP contribution in [0.5, 0.6) is 5.75 Å². The lowest BCUT2D eigenvalue weighted by molar-refractivity contribution is -0.127. The minimum absolute atomic E-state index is 0.141. The maximum Gasteiger partial charge on any atom is 0.261 e. The van der Waals surface area contributed by atoms with Gasteiger partial charge in [-0.3, -0.25) is 4.79 Å². The van der Waals surface area contributed by atoms with Gasteiger partial charge in [-0.15, -0.1) is 0 Å². The number of nitrogens with one attached hydrogen (secondary N) is 1. The normalized spacial score (nSPS) is 13.0. The number of hydrogen-bond acceptors (Lipinski definition) is 2. The highest BCUT2D eigenvalue weighted by atomic mass is 16.5. The number of para-hydroxylation sites is 1. The molecule has 3 aromatic carbocycles. The van der Waals surface area contributed by atoms with Crippen molar-refractivity contribution < 1.29 is 9.53 Å². The second-order valence-electron chi connectivity index (χ2n) is 7.72. The Labute approximate surface area is 173 Å². The van der Waals surface area contributed by atoms with Crippen LogP contribution in [0.4, 0.5) is 0 Å². The molecular formula is C26H29NO2. The number of amides is 1. The van der Waals surface area contributed by atoms with Gasteiger partial charge in [-0.25, -0.2) is 0 Å². The van der Waals surface area contributed by atoms with Crippen LogP contribution in [-0.2, 0) is 4.79 Å². The number of aryl methyl sites for hydroxylation is 1. The minimum Gasteiger partial charge on any atom is -0.481 e. The molecule has 29 heavy (non-hydrogen) atoms. The van der Waals surface area contributed by atoms with Crippen molar-refractivity contribution in [3.8, 4) is 5.75 Å². The van der Waals surface area contributed by atoms with Gasteiger partial charge in [0.15, 0.2) is 6.10 Å². The molecule has 1 amide bonds. The smallest absolute Gasteiger partial charge is 0.261 e. The second-order valence-corrected chi connectivity index (χ2v) is 7.72. The Morgan fingerprint density at radius 2 is 1.38 bits per heavy atom. The molecule has 3 nitrogen and oxygen atoms in total. The van der Waals surface area contributed by atoms with E-state index >= 15 is 0 Å². The summed E-state index contributed by atoms with van der Waals surface area (Å²) in [6.07, 6.45) is -0.605. The highest BCUT2D eigenvalue weighted by Crippen LogP contribution is 2.27. The third kappa shape index (κ3) is 5.26. The third-order valence-electron chi connectivity index (χ3n) is 5.04. The zero-order valence-corrected chi connectivity index (χ0v) is 17.6. The molecule has 3 rings (SSSR count). The molecule has 150 valence electrons. The van der Waals surface area contributed by atoms with Crippen molar-refractivity contribution in [3.05, 3.63) is 101 Å². The molecule has 3 heteroatoms. The van der Waals surface area contributed by atoms with Gasteiger partial charge in [0.2, 0.25) is 0 Å². The fraction of sp³-hybridized carbons (Fsp3) is 0.269. The van der Waals surface area contributed by atoms with Gasteiger partial charge in [0, 0.05) is 0 Å². The molecule has 0 aliphatic rings. The Kier molecular flexibility index (Phi) is 6.71. The summed E-state index contributed by atoms with van der Waals surface area (Å²) in [5.41, 5.74) is 4.38. The van der Waals surface area contributed by atoms with E-state index in [2.05, 4.69) is 50.4 Å². The Morgan fingerprint density at radius 1 is 0.793 bits per heavy atom. The largest absolute Gasteiger partial charge is 0.481 e.